The summed E-state index contributed by atoms with van der Waals surface area (Å²) in [5.41, 5.74) is 0. The van der Waals surface area contributed by atoms with Crippen LogP contribution in [0.4, 0.5) is 0 Å². The quantitative estimate of drug-likeness (QED) is 0.723. The van der Waals surface area contributed by atoms with E-state index in [2.05, 4.69) is 17.6 Å². The van der Waals surface area contributed by atoms with Gasteiger partial charge in [-0.1, -0.05) is 6.92 Å². The van der Waals surface area contributed by atoms with Crippen LogP contribution < -0.4 is 10.6 Å². The first-order chi connectivity index (χ1) is 8.31. The number of nitrogens with one attached hydrogen (secondary N) is 2. The van der Waals surface area contributed by atoms with Crippen molar-refractivity contribution in [3.8, 4) is 0 Å². The fourth-order valence-electron chi connectivity index (χ4n) is 2.46. The molecule has 2 N–H and O–H groups in total. The lowest BCUT2D eigenvalue weighted by atomic mass is 9.99. The van der Waals surface area contributed by atoms with Gasteiger partial charge in [0.1, 0.15) is 6.10 Å². The van der Waals surface area contributed by atoms with Crippen molar-refractivity contribution in [2.45, 2.75) is 32.0 Å². The molecule has 0 aromatic heterocycles. The molecule has 2 rings (SSSR count). The largest absolute Gasteiger partial charge is 0.378 e. The highest BCUT2D eigenvalue weighted by molar-refractivity contribution is 5.81. The minimum Gasteiger partial charge on any atom is -0.378 e. The molecule has 5 heteroatoms. The maximum absolute atomic E-state index is 11.8. The van der Waals surface area contributed by atoms with Crippen LogP contribution in [0, 0.1) is 5.92 Å². The summed E-state index contributed by atoms with van der Waals surface area (Å²) in [4.78, 5) is 11.8. The molecule has 2 fully saturated rings. The molecule has 3 atom stereocenters. The number of ether oxygens (including phenoxy) is 2. The van der Waals surface area contributed by atoms with Crippen molar-refractivity contribution >= 4 is 5.91 Å². The molecule has 17 heavy (non-hydrogen) atoms. The molecule has 0 aromatic rings. The molecule has 0 aromatic carbocycles. The molecule has 2 heterocycles. The zero-order valence-corrected chi connectivity index (χ0v) is 10.4. The van der Waals surface area contributed by atoms with Crippen molar-refractivity contribution < 1.29 is 14.3 Å². The Bertz CT molecular complexity index is 254. The summed E-state index contributed by atoms with van der Waals surface area (Å²) in [5.74, 6) is 0.458. The van der Waals surface area contributed by atoms with Crippen LogP contribution in [-0.4, -0.2) is 51.0 Å². The van der Waals surface area contributed by atoms with Crippen LogP contribution in [0.1, 0.15) is 19.8 Å². The van der Waals surface area contributed by atoms with Crippen molar-refractivity contribution in [3.05, 3.63) is 0 Å². The summed E-state index contributed by atoms with van der Waals surface area (Å²) in [6.07, 6.45) is 2.04. The van der Waals surface area contributed by atoms with Crippen molar-refractivity contribution in [3.63, 3.8) is 0 Å². The second-order valence-electron chi connectivity index (χ2n) is 4.67. The molecular formula is C12H22N2O3. The number of rotatable bonds is 4. The molecule has 0 radical (unpaired) electrons. The van der Waals surface area contributed by atoms with Gasteiger partial charge in [-0.15, -0.1) is 0 Å². The highest BCUT2D eigenvalue weighted by Crippen LogP contribution is 2.22. The summed E-state index contributed by atoms with van der Waals surface area (Å²) in [5, 5.41) is 6.13. The van der Waals surface area contributed by atoms with E-state index < -0.39 is 0 Å². The van der Waals surface area contributed by atoms with E-state index in [0.29, 0.717) is 31.7 Å². The normalized spacial score (nSPS) is 33.6. The topological polar surface area (TPSA) is 59.6 Å². The number of carbonyl (C=O) groups excluding carboxylic acids is 1. The first-order valence-electron chi connectivity index (χ1n) is 6.53. The lowest BCUT2D eigenvalue weighted by Gasteiger charge is -2.24. The summed E-state index contributed by atoms with van der Waals surface area (Å²) in [7, 11) is 0. The van der Waals surface area contributed by atoms with Crippen LogP contribution in [0.15, 0.2) is 0 Å². The molecule has 0 bridgehead atoms. The molecule has 0 saturated carbocycles. The summed E-state index contributed by atoms with van der Waals surface area (Å²) in [6, 6.07) is 0. The minimum absolute atomic E-state index is 0.000969. The van der Waals surface area contributed by atoms with Gasteiger partial charge in [0.2, 0.25) is 5.91 Å². The Hall–Kier alpha value is -0.650. The maximum atomic E-state index is 11.8. The van der Waals surface area contributed by atoms with Crippen molar-refractivity contribution in [2.24, 2.45) is 5.92 Å². The van der Waals surface area contributed by atoms with Gasteiger partial charge in [-0.25, -0.2) is 0 Å². The molecular weight excluding hydrogens is 220 g/mol. The Labute approximate surface area is 102 Å². The van der Waals surface area contributed by atoms with Crippen LogP contribution in [0.5, 0.6) is 0 Å². The number of morpholine rings is 1. The number of hydrogen-bond acceptors (Lipinski definition) is 4. The highest BCUT2D eigenvalue weighted by atomic mass is 16.5. The smallest absolute Gasteiger partial charge is 0.250 e. The third-order valence-corrected chi connectivity index (χ3v) is 3.51. The van der Waals surface area contributed by atoms with Crippen LogP contribution in [0.2, 0.25) is 0 Å². The third kappa shape index (κ3) is 3.40. The Morgan fingerprint density at radius 1 is 1.41 bits per heavy atom. The molecule has 1 amide bonds. The second-order valence-corrected chi connectivity index (χ2v) is 4.67. The van der Waals surface area contributed by atoms with E-state index in [-0.39, 0.29) is 12.0 Å². The van der Waals surface area contributed by atoms with E-state index in [1.807, 2.05) is 0 Å². The molecule has 0 spiro atoms. The van der Waals surface area contributed by atoms with Crippen molar-refractivity contribution in [2.75, 3.05) is 32.8 Å². The van der Waals surface area contributed by atoms with Gasteiger partial charge in [-0.2, -0.15) is 0 Å². The lowest BCUT2D eigenvalue weighted by molar-refractivity contribution is -0.134. The third-order valence-electron chi connectivity index (χ3n) is 3.51. The van der Waals surface area contributed by atoms with Gasteiger partial charge in [0.25, 0.3) is 0 Å². The van der Waals surface area contributed by atoms with E-state index in [1.165, 1.54) is 0 Å². The first kappa shape index (κ1) is 12.8. The van der Waals surface area contributed by atoms with Gasteiger partial charge >= 0.3 is 0 Å². The Morgan fingerprint density at radius 2 is 2.29 bits per heavy atom. The van der Waals surface area contributed by atoms with Gasteiger partial charge in [-0.3, -0.25) is 4.79 Å². The van der Waals surface area contributed by atoms with Crippen LogP contribution in [0.3, 0.4) is 0 Å². The van der Waals surface area contributed by atoms with Gasteiger partial charge in [0.05, 0.1) is 12.7 Å². The van der Waals surface area contributed by atoms with Gasteiger partial charge < -0.3 is 20.1 Å². The fourth-order valence-corrected chi connectivity index (χ4v) is 2.46. The minimum atomic E-state index is -0.328. The Kier molecular flexibility index (Phi) is 4.76. The molecule has 2 saturated heterocycles. The number of amides is 1. The molecule has 0 aliphatic carbocycles. The average molecular weight is 242 g/mol. The maximum Gasteiger partial charge on any atom is 0.250 e. The monoisotopic (exact) mass is 242 g/mol. The van der Waals surface area contributed by atoms with E-state index in [4.69, 9.17) is 9.47 Å². The molecule has 98 valence electrons. The van der Waals surface area contributed by atoms with E-state index >= 15 is 0 Å². The van der Waals surface area contributed by atoms with E-state index in [9.17, 15) is 4.79 Å². The van der Waals surface area contributed by atoms with Crippen molar-refractivity contribution in [1.29, 1.82) is 0 Å². The van der Waals surface area contributed by atoms with Gasteiger partial charge in [0.15, 0.2) is 0 Å². The zero-order chi connectivity index (χ0) is 12.1. The SMILES string of the molecule is CCC1OCCC1CNC(=O)C1CNCCO1. The van der Waals surface area contributed by atoms with E-state index in [1.54, 1.807) is 0 Å². The standard InChI is InChI=1S/C12H22N2O3/c1-2-10-9(3-5-16-10)7-14-12(15)11-8-13-4-6-17-11/h9-11,13H,2-8H2,1H3,(H,14,15). The predicted octanol–water partition coefficient (Wildman–Crippen LogP) is -0.0939. The first-order valence-corrected chi connectivity index (χ1v) is 6.53. The van der Waals surface area contributed by atoms with Crippen molar-refractivity contribution in [1.82, 2.24) is 10.6 Å². The molecule has 3 unspecified atom stereocenters. The van der Waals surface area contributed by atoms with Gasteiger partial charge in [0, 0.05) is 32.2 Å². The van der Waals surface area contributed by atoms with E-state index in [0.717, 1.165) is 26.0 Å². The zero-order valence-electron chi connectivity index (χ0n) is 10.4. The van der Waals surface area contributed by atoms with Crippen LogP contribution in [-0.2, 0) is 14.3 Å². The average Bonchev–Trinajstić information content (AvgIpc) is 2.84. The Balaban J connectivity index is 1.71. The number of hydrogen-bond donors (Lipinski definition) is 2. The number of carbonyl (C=O) groups is 1. The summed E-state index contributed by atoms with van der Waals surface area (Å²) < 4.78 is 11.0. The fraction of sp³-hybridized carbons (Fsp3) is 0.917. The Morgan fingerprint density at radius 3 is 3.00 bits per heavy atom. The summed E-state index contributed by atoms with van der Waals surface area (Å²) in [6.45, 7) is 5.71. The van der Waals surface area contributed by atoms with Crippen LogP contribution >= 0.6 is 0 Å². The molecule has 2 aliphatic rings. The molecule has 2 aliphatic heterocycles. The predicted molar refractivity (Wildman–Crippen MR) is 63.8 cm³/mol. The van der Waals surface area contributed by atoms with Gasteiger partial charge in [-0.05, 0) is 12.8 Å². The molecule has 5 nitrogen and oxygen atoms in total. The summed E-state index contributed by atoms with van der Waals surface area (Å²) >= 11 is 0. The van der Waals surface area contributed by atoms with Crippen LogP contribution in [0.25, 0.3) is 0 Å². The highest BCUT2D eigenvalue weighted by Gasteiger charge is 2.28. The lowest BCUT2D eigenvalue weighted by Crippen LogP contribution is -2.49. The second kappa shape index (κ2) is 6.33.